The Bertz CT molecular complexity index is 1360. The quantitative estimate of drug-likeness (QED) is 0.363. The lowest BCUT2D eigenvalue weighted by Gasteiger charge is -2.07. The number of nitrogens with zero attached hydrogens (tertiary/aromatic N) is 2. The van der Waals surface area contributed by atoms with Crippen molar-refractivity contribution in [2.45, 2.75) is 19.7 Å². The van der Waals surface area contributed by atoms with E-state index in [0.717, 1.165) is 34.2 Å². The Morgan fingerprint density at radius 2 is 1.73 bits per heavy atom. The molecule has 6 nitrogen and oxygen atoms in total. The summed E-state index contributed by atoms with van der Waals surface area (Å²) in [6.07, 6.45) is 3.69. The Labute approximate surface area is 191 Å². The van der Waals surface area contributed by atoms with Gasteiger partial charge in [0.1, 0.15) is 18.1 Å². The fourth-order valence-electron chi connectivity index (χ4n) is 3.60. The molecular formula is C27H23N3O3. The minimum absolute atomic E-state index is 0.253. The van der Waals surface area contributed by atoms with Crippen LogP contribution in [-0.2, 0) is 19.7 Å². The Morgan fingerprint density at radius 1 is 0.909 bits per heavy atom. The molecule has 0 aliphatic heterocycles. The van der Waals surface area contributed by atoms with Gasteiger partial charge in [0.15, 0.2) is 5.76 Å². The monoisotopic (exact) mass is 437 g/mol. The lowest BCUT2D eigenvalue weighted by Crippen LogP contribution is -2.22. The average molecular weight is 437 g/mol. The summed E-state index contributed by atoms with van der Waals surface area (Å²) in [5, 5.41) is 9.38. The predicted octanol–water partition coefficient (Wildman–Crippen LogP) is 5.19. The number of carbonyl (C=O) groups is 1. The lowest BCUT2D eigenvalue weighted by atomic mass is 10.1. The van der Waals surface area contributed by atoms with Crippen molar-refractivity contribution in [1.29, 1.82) is 0 Å². The second-order valence-corrected chi connectivity index (χ2v) is 7.77. The van der Waals surface area contributed by atoms with E-state index >= 15 is 0 Å². The van der Waals surface area contributed by atoms with Crippen LogP contribution in [-0.4, -0.2) is 15.7 Å². The van der Waals surface area contributed by atoms with Crippen LogP contribution in [0.5, 0.6) is 5.75 Å². The van der Waals surface area contributed by atoms with Gasteiger partial charge in [0, 0.05) is 18.9 Å². The highest BCUT2D eigenvalue weighted by Crippen LogP contribution is 2.22. The number of fused-ring (bicyclic) bond motifs is 1. The number of hydrogen-bond acceptors (Lipinski definition) is 4. The van der Waals surface area contributed by atoms with E-state index < -0.39 is 0 Å². The van der Waals surface area contributed by atoms with Crippen LogP contribution in [0.2, 0.25) is 0 Å². The minimum Gasteiger partial charge on any atom is -0.486 e. The van der Waals surface area contributed by atoms with Crippen molar-refractivity contribution in [2.24, 2.45) is 0 Å². The highest BCUT2D eigenvalue weighted by Gasteiger charge is 2.11. The van der Waals surface area contributed by atoms with Crippen LogP contribution in [0.4, 0.5) is 0 Å². The molecule has 0 atom stereocenters. The number of ether oxygens (including phenoxy) is 1. The molecule has 33 heavy (non-hydrogen) atoms. The van der Waals surface area contributed by atoms with Crippen LogP contribution in [0.1, 0.15) is 27.4 Å². The minimum atomic E-state index is -0.257. The summed E-state index contributed by atoms with van der Waals surface area (Å²) in [4.78, 5) is 12.5. The Morgan fingerprint density at radius 3 is 2.55 bits per heavy atom. The first-order valence-corrected chi connectivity index (χ1v) is 10.8. The van der Waals surface area contributed by atoms with E-state index in [9.17, 15) is 4.79 Å². The van der Waals surface area contributed by atoms with Gasteiger partial charge >= 0.3 is 0 Å². The molecule has 5 aromatic rings. The molecule has 0 saturated carbocycles. The van der Waals surface area contributed by atoms with Gasteiger partial charge in [-0.3, -0.25) is 9.48 Å². The second-order valence-electron chi connectivity index (χ2n) is 7.77. The molecule has 0 saturated heterocycles. The van der Waals surface area contributed by atoms with E-state index in [-0.39, 0.29) is 18.3 Å². The molecule has 0 unspecified atom stereocenters. The molecule has 0 aliphatic rings. The largest absolute Gasteiger partial charge is 0.486 e. The SMILES string of the molecule is O=C(NCc1ccc(Cn2cccn2)cc1)c1ccc(COc2ccc3ccccc3c2)o1. The average Bonchev–Trinajstić information content (AvgIpc) is 3.54. The molecule has 1 amide bonds. The summed E-state index contributed by atoms with van der Waals surface area (Å²) in [6, 6.07) is 27.5. The van der Waals surface area contributed by atoms with E-state index in [1.54, 1.807) is 18.3 Å². The topological polar surface area (TPSA) is 69.3 Å². The zero-order chi connectivity index (χ0) is 22.5. The zero-order valence-electron chi connectivity index (χ0n) is 18.0. The third kappa shape index (κ3) is 5.13. The zero-order valence-corrected chi connectivity index (χ0v) is 18.0. The van der Waals surface area contributed by atoms with Gasteiger partial charge in [-0.2, -0.15) is 5.10 Å². The van der Waals surface area contributed by atoms with Gasteiger partial charge in [0.2, 0.25) is 0 Å². The highest BCUT2D eigenvalue weighted by atomic mass is 16.5. The molecule has 3 aromatic carbocycles. The lowest BCUT2D eigenvalue weighted by molar-refractivity contribution is 0.0919. The van der Waals surface area contributed by atoms with Crippen LogP contribution in [0.25, 0.3) is 10.8 Å². The fraction of sp³-hybridized carbons (Fsp3) is 0.111. The van der Waals surface area contributed by atoms with Crippen molar-refractivity contribution in [3.63, 3.8) is 0 Å². The molecule has 0 radical (unpaired) electrons. The van der Waals surface area contributed by atoms with E-state index in [1.807, 2.05) is 77.6 Å². The number of amides is 1. The summed E-state index contributed by atoms with van der Waals surface area (Å²) in [5.74, 6) is 1.36. The van der Waals surface area contributed by atoms with Crippen LogP contribution in [0.15, 0.2) is 102 Å². The molecule has 1 N–H and O–H groups in total. The number of furan rings is 1. The summed E-state index contributed by atoms with van der Waals surface area (Å²) >= 11 is 0. The van der Waals surface area contributed by atoms with E-state index in [2.05, 4.69) is 16.5 Å². The molecule has 0 bridgehead atoms. The maximum atomic E-state index is 12.5. The first-order chi connectivity index (χ1) is 16.2. The van der Waals surface area contributed by atoms with Crippen LogP contribution in [0.3, 0.4) is 0 Å². The van der Waals surface area contributed by atoms with Crippen LogP contribution >= 0.6 is 0 Å². The first-order valence-electron chi connectivity index (χ1n) is 10.8. The molecule has 6 heteroatoms. The second kappa shape index (κ2) is 9.44. The number of aromatic nitrogens is 2. The Hall–Kier alpha value is -4.32. The summed E-state index contributed by atoms with van der Waals surface area (Å²) in [6.45, 7) is 1.39. The molecule has 0 aliphatic carbocycles. The van der Waals surface area contributed by atoms with Gasteiger partial charge in [0.25, 0.3) is 5.91 Å². The number of hydrogen-bond donors (Lipinski definition) is 1. The van der Waals surface area contributed by atoms with Crippen molar-refractivity contribution < 1.29 is 13.9 Å². The number of nitrogens with one attached hydrogen (secondary N) is 1. The van der Waals surface area contributed by atoms with Crippen molar-refractivity contribution in [1.82, 2.24) is 15.1 Å². The third-order valence-corrected chi connectivity index (χ3v) is 5.37. The molecule has 164 valence electrons. The van der Waals surface area contributed by atoms with Crippen molar-refractivity contribution in [2.75, 3.05) is 0 Å². The predicted molar refractivity (Wildman–Crippen MR) is 126 cm³/mol. The van der Waals surface area contributed by atoms with E-state index in [1.165, 1.54) is 0 Å². The molecule has 0 spiro atoms. The van der Waals surface area contributed by atoms with E-state index in [4.69, 9.17) is 9.15 Å². The maximum absolute atomic E-state index is 12.5. The van der Waals surface area contributed by atoms with E-state index in [0.29, 0.717) is 12.3 Å². The highest BCUT2D eigenvalue weighted by molar-refractivity contribution is 5.91. The normalized spacial score (nSPS) is 10.9. The molecule has 2 heterocycles. The fourth-order valence-corrected chi connectivity index (χ4v) is 3.60. The van der Waals surface area contributed by atoms with Gasteiger partial charge in [-0.15, -0.1) is 0 Å². The number of rotatable bonds is 8. The van der Waals surface area contributed by atoms with Crippen LogP contribution in [0, 0.1) is 0 Å². The smallest absolute Gasteiger partial charge is 0.287 e. The number of benzene rings is 3. The maximum Gasteiger partial charge on any atom is 0.287 e. The summed E-state index contributed by atoms with van der Waals surface area (Å²) in [7, 11) is 0. The van der Waals surface area contributed by atoms with Crippen molar-refractivity contribution >= 4 is 16.7 Å². The number of carbonyl (C=O) groups excluding carboxylic acids is 1. The Balaban J connectivity index is 1.13. The molecular weight excluding hydrogens is 414 g/mol. The van der Waals surface area contributed by atoms with Gasteiger partial charge in [-0.1, -0.05) is 54.6 Å². The Kier molecular flexibility index (Phi) is 5.89. The van der Waals surface area contributed by atoms with Crippen molar-refractivity contribution in [3.05, 3.63) is 120 Å². The summed E-state index contributed by atoms with van der Waals surface area (Å²) in [5.41, 5.74) is 2.16. The standard InChI is InChI=1S/C27H23N3O3/c31-27(28-17-20-6-8-21(9-7-20)18-30-15-3-14-29-30)26-13-12-25(33-26)19-32-24-11-10-22-4-1-2-5-23(22)16-24/h1-16H,17-19H2,(H,28,31). The summed E-state index contributed by atoms with van der Waals surface area (Å²) < 4.78 is 13.4. The first kappa shape index (κ1) is 20.6. The molecule has 2 aromatic heterocycles. The van der Waals surface area contributed by atoms with Gasteiger partial charge in [0.05, 0.1) is 6.54 Å². The van der Waals surface area contributed by atoms with Crippen LogP contribution < -0.4 is 10.1 Å². The van der Waals surface area contributed by atoms with Gasteiger partial charge in [-0.05, 0) is 52.2 Å². The van der Waals surface area contributed by atoms with Crippen molar-refractivity contribution in [3.8, 4) is 5.75 Å². The van der Waals surface area contributed by atoms with Gasteiger partial charge in [-0.25, -0.2) is 0 Å². The van der Waals surface area contributed by atoms with Gasteiger partial charge < -0.3 is 14.5 Å². The third-order valence-electron chi connectivity index (χ3n) is 5.37. The molecule has 5 rings (SSSR count). The molecule has 0 fully saturated rings.